The third kappa shape index (κ3) is 2.69. The maximum Gasteiger partial charge on any atom is 0.254 e. The Balaban J connectivity index is 1.63. The molecule has 0 saturated carbocycles. The molecule has 0 radical (unpaired) electrons. The van der Waals surface area contributed by atoms with E-state index in [-0.39, 0.29) is 11.9 Å². The number of ether oxygens (including phenoxy) is 1. The molecule has 0 aliphatic carbocycles. The zero-order valence-corrected chi connectivity index (χ0v) is 12.9. The van der Waals surface area contributed by atoms with Crippen LogP contribution >= 0.6 is 0 Å². The Morgan fingerprint density at radius 3 is 2.88 bits per heavy atom. The van der Waals surface area contributed by atoms with Crippen molar-refractivity contribution in [3.8, 4) is 5.69 Å². The van der Waals surface area contributed by atoms with Gasteiger partial charge in [0, 0.05) is 30.2 Å². The Labute approximate surface area is 138 Å². The summed E-state index contributed by atoms with van der Waals surface area (Å²) >= 11 is 0. The van der Waals surface area contributed by atoms with E-state index < -0.39 is 0 Å². The van der Waals surface area contributed by atoms with Crippen LogP contribution in [0.2, 0.25) is 0 Å². The van der Waals surface area contributed by atoms with Gasteiger partial charge in [0.15, 0.2) is 5.82 Å². The molecule has 0 unspecified atom stereocenters. The summed E-state index contributed by atoms with van der Waals surface area (Å²) in [5.41, 5.74) is 1.56. The van der Waals surface area contributed by atoms with Crippen molar-refractivity contribution in [2.45, 2.75) is 6.04 Å². The first kappa shape index (κ1) is 14.6. The third-order valence-corrected chi connectivity index (χ3v) is 4.06. The van der Waals surface area contributed by atoms with Gasteiger partial charge in [-0.25, -0.2) is 0 Å². The zero-order valence-electron chi connectivity index (χ0n) is 12.9. The van der Waals surface area contributed by atoms with Gasteiger partial charge in [-0.05, 0) is 30.3 Å². The summed E-state index contributed by atoms with van der Waals surface area (Å²) < 4.78 is 12.3. The van der Waals surface area contributed by atoms with E-state index in [9.17, 15) is 4.79 Å². The number of hydrogen-bond acceptors (Lipinski definition) is 5. The number of aromatic nitrogens is 3. The van der Waals surface area contributed by atoms with E-state index in [0.29, 0.717) is 31.1 Å². The highest BCUT2D eigenvalue weighted by molar-refractivity contribution is 5.95. The van der Waals surface area contributed by atoms with E-state index in [0.717, 1.165) is 5.69 Å². The standard InChI is InChI=1S/C17H16N4O3/c22-17(13-4-3-5-14(10-13)20-6-1-2-7-20)21-8-9-23-11-15(21)16-18-12-24-19-16/h1-7,10,12,15H,8-9,11H2/t15-/m0/s1. The fourth-order valence-electron chi connectivity index (χ4n) is 2.86. The smallest absolute Gasteiger partial charge is 0.254 e. The summed E-state index contributed by atoms with van der Waals surface area (Å²) in [6.07, 6.45) is 5.15. The highest BCUT2D eigenvalue weighted by Gasteiger charge is 2.32. The van der Waals surface area contributed by atoms with Gasteiger partial charge in [-0.2, -0.15) is 4.98 Å². The molecular weight excluding hydrogens is 308 g/mol. The summed E-state index contributed by atoms with van der Waals surface area (Å²) in [6, 6.07) is 11.1. The van der Waals surface area contributed by atoms with Crippen LogP contribution in [0.1, 0.15) is 22.2 Å². The summed E-state index contributed by atoms with van der Waals surface area (Å²) in [4.78, 5) is 18.8. The molecule has 7 nitrogen and oxygen atoms in total. The lowest BCUT2D eigenvalue weighted by Crippen LogP contribution is -2.43. The van der Waals surface area contributed by atoms with Gasteiger partial charge in [-0.3, -0.25) is 4.79 Å². The van der Waals surface area contributed by atoms with Crippen LogP contribution in [-0.4, -0.2) is 45.3 Å². The predicted molar refractivity (Wildman–Crippen MR) is 84.7 cm³/mol. The summed E-state index contributed by atoms with van der Waals surface area (Å²) in [5.74, 6) is 0.395. The van der Waals surface area contributed by atoms with Crippen LogP contribution in [-0.2, 0) is 4.74 Å². The van der Waals surface area contributed by atoms with Crippen LogP contribution in [0.4, 0.5) is 0 Å². The number of carbonyl (C=O) groups excluding carboxylic acids is 1. The molecular formula is C17H16N4O3. The summed E-state index contributed by atoms with van der Waals surface area (Å²) in [5, 5.41) is 3.86. The van der Waals surface area contributed by atoms with E-state index in [1.54, 1.807) is 4.90 Å². The van der Waals surface area contributed by atoms with Crippen molar-refractivity contribution >= 4 is 5.91 Å². The van der Waals surface area contributed by atoms with Gasteiger partial charge in [-0.1, -0.05) is 11.2 Å². The van der Waals surface area contributed by atoms with Crippen LogP contribution in [0, 0.1) is 0 Å². The van der Waals surface area contributed by atoms with Crippen LogP contribution in [0.15, 0.2) is 59.7 Å². The monoisotopic (exact) mass is 324 g/mol. The van der Waals surface area contributed by atoms with Crippen LogP contribution in [0.3, 0.4) is 0 Å². The minimum atomic E-state index is -0.333. The van der Waals surface area contributed by atoms with Crippen molar-refractivity contribution < 1.29 is 14.1 Å². The van der Waals surface area contributed by atoms with Gasteiger partial charge in [0.25, 0.3) is 5.91 Å². The molecule has 24 heavy (non-hydrogen) atoms. The second-order valence-electron chi connectivity index (χ2n) is 5.52. The first-order chi connectivity index (χ1) is 11.8. The molecule has 1 atom stereocenters. The van der Waals surface area contributed by atoms with E-state index in [1.807, 2.05) is 53.4 Å². The molecule has 2 aromatic heterocycles. The Bertz CT molecular complexity index is 814. The van der Waals surface area contributed by atoms with Crippen molar-refractivity contribution in [2.75, 3.05) is 19.8 Å². The van der Waals surface area contributed by atoms with E-state index >= 15 is 0 Å². The molecule has 122 valence electrons. The van der Waals surface area contributed by atoms with Crippen LogP contribution in [0.25, 0.3) is 5.69 Å². The second kappa shape index (κ2) is 6.29. The normalized spacial score (nSPS) is 17.8. The lowest BCUT2D eigenvalue weighted by atomic mass is 10.1. The lowest BCUT2D eigenvalue weighted by molar-refractivity contribution is -0.00576. The van der Waals surface area contributed by atoms with Crippen molar-refractivity contribution in [1.82, 2.24) is 19.6 Å². The first-order valence-electron chi connectivity index (χ1n) is 7.71. The fraction of sp³-hybridized carbons (Fsp3) is 0.235. The van der Waals surface area contributed by atoms with Crippen molar-refractivity contribution in [2.24, 2.45) is 0 Å². The Hall–Kier alpha value is -2.93. The van der Waals surface area contributed by atoms with E-state index in [4.69, 9.17) is 9.26 Å². The molecule has 1 aromatic carbocycles. The topological polar surface area (TPSA) is 73.4 Å². The van der Waals surface area contributed by atoms with Crippen LogP contribution < -0.4 is 0 Å². The van der Waals surface area contributed by atoms with Gasteiger partial charge in [0.05, 0.1) is 13.2 Å². The van der Waals surface area contributed by atoms with Crippen molar-refractivity contribution in [3.63, 3.8) is 0 Å². The summed E-state index contributed by atoms with van der Waals surface area (Å²) in [6.45, 7) is 1.35. The van der Waals surface area contributed by atoms with Gasteiger partial charge in [0.1, 0.15) is 6.04 Å². The number of rotatable bonds is 3. The average Bonchev–Trinajstić information content (AvgIpc) is 3.35. The number of nitrogens with zero attached hydrogens (tertiary/aromatic N) is 4. The predicted octanol–water partition coefficient (Wildman–Crippen LogP) is 2.07. The maximum absolute atomic E-state index is 13.0. The highest BCUT2D eigenvalue weighted by atomic mass is 16.5. The fourth-order valence-corrected chi connectivity index (χ4v) is 2.86. The second-order valence-corrected chi connectivity index (χ2v) is 5.52. The summed E-state index contributed by atoms with van der Waals surface area (Å²) in [7, 11) is 0. The molecule has 3 heterocycles. The van der Waals surface area contributed by atoms with E-state index in [1.165, 1.54) is 6.39 Å². The number of benzene rings is 1. The van der Waals surface area contributed by atoms with Crippen LogP contribution in [0.5, 0.6) is 0 Å². The Morgan fingerprint density at radius 2 is 2.08 bits per heavy atom. The Kier molecular flexibility index (Phi) is 3.84. The molecule has 0 spiro atoms. The maximum atomic E-state index is 13.0. The molecule has 1 aliphatic heterocycles. The van der Waals surface area contributed by atoms with Crippen molar-refractivity contribution in [1.29, 1.82) is 0 Å². The van der Waals surface area contributed by atoms with Crippen molar-refractivity contribution in [3.05, 3.63) is 66.6 Å². The SMILES string of the molecule is O=C(c1cccc(-n2cccc2)c1)N1CCOC[C@H]1c1ncon1. The first-order valence-corrected chi connectivity index (χ1v) is 7.71. The van der Waals surface area contributed by atoms with Gasteiger partial charge < -0.3 is 18.7 Å². The highest BCUT2D eigenvalue weighted by Crippen LogP contribution is 2.24. The molecule has 7 heteroatoms. The average molecular weight is 324 g/mol. The molecule has 1 fully saturated rings. The molecule has 1 aliphatic rings. The number of amides is 1. The van der Waals surface area contributed by atoms with Gasteiger partial charge >= 0.3 is 0 Å². The molecule has 3 aromatic rings. The molecule has 1 saturated heterocycles. The quantitative estimate of drug-likeness (QED) is 0.737. The minimum absolute atomic E-state index is 0.0675. The van der Waals surface area contributed by atoms with Gasteiger partial charge in [-0.15, -0.1) is 0 Å². The molecule has 0 N–H and O–H groups in total. The Morgan fingerprint density at radius 1 is 1.21 bits per heavy atom. The molecule has 0 bridgehead atoms. The minimum Gasteiger partial charge on any atom is -0.377 e. The van der Waals surface area contributed by atoms with Gasteiger partial charge in [0.2, 0.25) is 6.39 Å². The number of hydrogen-bond donors (Lipinski definition) is 0. The molecule has 4 rings (SSSR count). The number of carbonyl (C=O) groups is 1. The van der Waals surface area contributed by atoms with E-state index in [2.05, 4.69) is 10.1 Å². The number of morpholine rings is 1. The lowest BCUT2D eigenvalue weighted by Gasteiger charge is -2.33. The third-order valence-electron chi connectivity index (χ3n) is 4.06. The largest absolute Gasteiger partial charge is 0.377 e. The zero-order chi connectivity index (χ0) is 16.4. The molecule has 1 amide bonds.